The molecule has 0 aliphatic heterocycles. The van der Waals surface area contributed by atoms with Gasteiger partial charge in [-0.15, -0.1) is 0 Å². The highest BCUT2D eigenvalue weighted by Crippen LogP contribution is 2.11. The molecule has 6 nitrogen and oxygen atoms in total. The van der Waals surface area contributed by atoms with Crippen LogP contribution in [0, 0.1) is 0 Å². The van der Waals surface area contributed by atoms with E-state index in [1.807, 2.05) is 0 Å². The van der Waals surface area contributed by atoms with Crippen LogP contribution < -0.4 is 0 Å². The Labute approximate surface area is 106 Å². The Morgan fingerprint density at radius 3 is 2.28 bits per heavy atom. The molecule has 7 heteroatoms. The van der Waals surface area contributed by atoms with Crippen LogP contribution in [-0.4, -0.2) is 49.1 Å². The molecular formula is C11H15NO5S. The van der Waals surface area contributed by atoms with Crippen LogP contribution in [0.25, 0.3) is 0 Å². The van der Waals surface area contributed by atoms with E-state index in [0.717, 1.165) is 4.31 Å². The molecule has 100 valence electrons. The van der Waals surface area contributed by atoms with Gasteiger partial charge in [-0.3, -0.25) is 0 Å². The van der Waals surface area contributed by atoms with Crippen LogP contribution in [0.1, 0.15) is 15.9 Å². The molecular weight excluding hydrogens is 258 g/mol. The lowest BCUT2D eigenvalue weighted by Gasteiger charge is -2.15. The van der Waals surface area contributed by atoms with Crippen LogP contribution in [-0.2, 0) is 15.8 Å². The third-order valence-electron chi connectivity index (χ3n) is 2.44. The lowest BCUT2D eigenvalue weighted by Crippen LogP contribution is -2.30. The summed E-state index contributed by atoms with van der Waals surface area (Å²) in [5.74, 6) is -1.27. The fraction of sp³-hybridized carbons (Fsp3) is 0.364. The molecule has 0 saturated heterocycles. The Bertz CT molecular complexity index is 509. The molecule has 0 aromatic heterocycles. The van der Waals surface area contributed by atoms with E-state index in [4.69, 9.17) is 10.2 Å². The predicted octanol–water partition coefficient (Wildman–Crippen LogP) is 0.139. The molecule has 0 spiro atoms. The second-order valence-electron chi connectivity index (χ2n) is 3.80. The quantitative estimate of drug-likeness (QED) is 0.768. The number of aliphatic hydroxyl groups is 1. The number of hydrogen-bond donors (Lipinski definition) is 2. The molecule has 0 heterocycles. The van der Waals surface area contributed by atoms with Gasteiger partial charge in [-0.2, -0.15) is 0 Å². The number of aromatic carboxylic acids is 1. The van der Waals surface area contributed by atoms with Crippen molar-refractivity contribution in [1.29, 1.82) is 0 Å². The molecule has 0 bridgehead atoms. The van der Waals surface area contributed by atoms with Gasteiger partial charge in [0.15, 0.2) is 0 Å². The smallest absolute Gasteiger partial charge is 0.335 e. The standard InChI is InChI=1S/C11H15NO5S/c1-12(6-7-13)18(16,17)8-9-2-4-10(5-3-9)11(14)15/h2-5,13H,6-8H2,1H3,(H,14,15). The summed E-state index contributed by atoms with van der Waals surface area (Å²) in [6.45, 7) is -0.205. The molecule has 0 fully saturated rings. The number of benzene rings is 1. The summed E-state index contributed by atoms with van der Waals surface area (Å²) in [4.78, 5) is 10.6. The lowest BCUT2D eigenvalue weighted by molar-refractivity contribution is 0.0697. The summed E-state index contributed by atoms with van der Waals surface area (Å²) in [6.07, 6.45) is 0. The van der Waals surface area contributed by atoms with E-state index in [-0.39, 0.29) is 24.5 Å². The van der Waals surface area contributed by atoms with Crippen molar-refractivity contribution in [2.24, 2.45) is 0 Å². The predicted molar refractivity (Wildman–Crippen MR) is 65.7 cm³/mol. The minimum Gasteiger partial charge on any atom is -0.478 e. The lowest BCUT2D eigenvalue weighted by atomic mass is 10.1. The average Bonchev–Trinajstić information content (AvgIpc) is 2.29. The topological polar surface area (TPSA) is 94.9 Å². The summed E-state index contributed by atoms with van der Waals surface area (Å²) in [5, 5.41) is 17.4. The van der Waals surface area contributed by atoms with Crippen molar-refractivity contribution in [2.75, 3.05) is 20.2 Å². The van der Waals surface area contributed by atoms with E-state index in [2.05, 4.69) is 0 Å². The van der Waals surface area contributed by atoms with Crippen molar-refractivity contribution in [3.05, 3.63) is 35.4 Å². The first kappa shape index (κ1) is 14.6. The number of likely N-dealkylation sites (N-methyl/N-ethyl adjacent to an activating group) is 1. The summed E-state index contributed by atoms with van der Waals surface area (Å²) >= 11 is 0. The minimum absolute atomic E-state index is 0.0372. The zero-order valence-electron chi connectivity index (χ0n) is 9.91. The molecule has 2 N–H and O–H groups in total. The molecule has 1 aromatic carbocycles. The van der Waals surface area contributed by atoms with E-state index in [0.29, 0.717) is 5.56 Å². The van der Waals surface area contributed by atoms with Crippen LogP contribution in [0.4, 0.5) is 0 Å². The van der Waals surface area contributed by atoms with Crippen LogP contribution >= 0.6 is 0 Å². The first-order valence-electron chi connectivity index (χ1n) is 5.24. The Morgan fingerprint density at radius 1 is 1.28 bits per heavy atom. The highest BCUT2D eigenvalue weighted by atomic mass is 32.2. The molecule has 0 amide bonds. The van der Waals surface area contributed by atoms with Crippen molar-refractivity contribution in [3.63, 3.8) is 0 Å². The van der Waals surface area contributed by atoms with Crippen molar-refractivity contribution in [2.45, 2.75) is 5.75 Å². The Hall–Kier alpha value is -1.44. The molecule has 0 unspecified atom stereocenters. The van der Waals surface area contributed by atoms with E-state index >= 15 is 0 Å². The maximum absolute atomic E-state index is 11.8. The number of carboxylic acid groups (broad SMARTS) is 1. The van der Waals surface area contributed by atoms with E-state index < -0.39 is 16.0 Å². The first-order valence-corrected chi connectivity index (χ1v) is 6.85. The van der Waals surface area contributed by atoms with Crippen molar-refractivity contribution in [3.8, 4) is 0 Å². The number of nitrogens with zero attached hydrogens (tertiary/aromatic N) is 1. The van der Waals surface area contributed by atoms with Gasteiger partial charge in [-0.05, 0) is 17.7 Å². The zero-order chi connectivity index (χ0) is 13.8. The first-order chi connectivity index (χ1) is 8.36. The molecule has 1 rings (SSSR count). The van der Waals surface area contributed by atoms with Gasteiger partial charge in [0.05, 0.1) is 17.9 Å². The SMILES string of the molecule is CN(CCO)S(=O)(=O)Cc1ccc(C(=O)O)cc1. The Kier molecular flexibility index (Phi) is 4.83. The minimum atomic E-state index is -3.48. The molecule has 0 saturated carbocycles. The summed E-state index contributed by atoms with van der Waals surface area (Å²) in [5.41, 5.74) is 0.615. The van der Waals surface area contributed by atoms with Gasteiger partial charge in [-0.25, -0.2) is 17.5 Å². The third kappa shape index (κ3) is 3.80. The maximum atomic E-state index is 11.8. The fourth-order valence-corrected chi connectivity index (χ4v) is 2.54. The van der Waals surface area contributed by atoms with Crippen LogP contribution in [0.2, 0.25) is 0 Å². The highest BCUT2D eigenvalue weighted by Gasteiger charge is 2.17. The largest absolute Gasteiger partial charge is 0.478 e. The Balaban J connectivity index is 2.81. The van der Waals surface area contributed by atoms with Gasteiger partial charge < -0.3 is 10.2 Å². The molecule has 0 atom stereocenters. The summed E-state index contributed by atoms with van der Waals surface area (Å²) in [6, 6.07) is 5.65. The number of sulfonamides is 1. The summed E-state index contributed by atoms with van der Waals surface area (Å²) in [7, 11) is -2.10. The zero-order valence-corrected chi connectivity index (χ0v) is 10.7. The van der Waals surface area contributed by atoms with Crippen molar-refractivity contribution >= 4 is 16.0 Å². The van der Waals surface area contributed by atoms with E-state index in [1.54, 1.807) is 0 Å². The van der Waals surface area contributed by atoms with Crippen LogP contribution in [0.5, 0.6) is 0 Å². The second-order valence-corrected chi connectivity index (χ2v) is 5.88. The Morgan fingerprint density at radius 2 is 1.83 bits per heavy atom. The number of rotatable bonds is 6. The second kappa shape index (κ2) is 5.94. The van der Waals surface area contributed by atoms with Gasteiger partial charge in [0.1, 0.15) is 0 Å². The van der Waals surface area contributed by atoms with Crippen molar-refractivity contribution in [1.82, 2.24) is 4.31 Å². The van der Waals surface area contributed by atoms with E-state index in [9.17, 15) is 13.2 Å². The molecule has 0 aliphatic rings. The third-order valence-corrected chi connectivity index (χ3v) is 4.27. The maximum Gasteiger partial charge on any atom is 0.335 e. The molecule has 1 aromatic rings. The van der Waals surface area contributed by atoms with Gasteiger partial charge in [0, 0.05) is 13.6 Å². The summed E-state index contributed by atoms with van der Waals surface area (Å²) < 4.78 is 24.7. The normalized spacial score (nSPS) is 11.7. The number of aliphatic hydroxyl groups excluding tert-OH is 1. The average molecular weight is 273 g/mol. The fourth-order valence-electron chi connectivity index (χ4n) is 1.34. The van der Waals surface area contributed by atoms with Crippen LogP contribution in [0.15, 0.2) is 24.3 Å². The van der Waals surface area contributed by atoms with E-state index in [1.165, 1.54) is 31.3 Å². The van der Waals surface area contributed by atoms with Gasteiger partial charge in [0.25, 0.3) is 0 Å². The molecule has 18 heavy (non-hydrogen) atoms. The number of carboxylic acids is 1. The number of carbonyl (C=O) groups is 1. The van der Waals surface area contributed by atoms with Crippen LogP contribution in [0.3, 0.4) is 0 Å². The monoisotopic (exact) mass is 273 g/mol. The van der Waals surface area contributed by atoms with Crippen molar-refractivity contribution < 1.29 is 23.4 Å². The van der Waals surface area contributed by atoms with Gasteiger partial charge >= 0.3 is 5.97 Å². The molecule has 0 radical (unpaired) electrons. The van der Waals surface area contributed by atoms with Gasteiger partial charge in [0.2, 0.25) is 10.0 Å². The number of hydrogen-bond acceptors (Lipinski definition) is 4. The van der Waals surface area contributed by atoms with Gasteiger partial charge in [-0.1, -0.05) is 12.1 Å². The highest BCUT2D eigenvalue weighted by molar-refractivity contribution is 7.88. The molecule has 0 aliphatic carbocycles.